The average Bonchev–Trinajstić information content (AvgIpc) is 3.05. The van der Waals surface area contributed by atoms with Crippen LogP contribution in [0.25, 0.3) is 33.4 Å². The van der Waals surface area contributed by atoms with Crippen molar-refractivity contribution >= 4 is 16.7 Å². The van der Waals surface area contributed by atoms with Crippen LogP contribution in [0, 0.1) is 0 Å². The Morgan fingerprint density at radius 3 is 2.44 bits per heavy atom. The third-order valence-electron chi connectivity index (χ3n) is 4.64. The van der Waals surface area contributed by atoms with E-state index in [4.69, 9.17) is 9.72 Å². The Bertz CT molecular complexity index is 1110. The van der Waals surface area contributed by atoms with Gasteiger partial charge in [0.2, 0.25) is 0 Å². The van der Waals surface area contributed by atoms with Crippen LogP contribution in [0.3, 0.4) is 0 Å². The number of rotatable bonds is 4. The average molecular weight is 356 g/mol. The first kappa shape index (κ1) is 17.0. The quantitative estimate of drug-likeness (QED) is 0.479. The summed E-state index contributed by atoms with van der Waals surface area (Å²) >= 11 is 0. The molecule has 0 radical (unpaired) electrons. The van der Waals surface area contributed by atoms with Crippen LogP contribution >= 0.6 is 0 Å². The lowest BCUT2D eigenvalue weighted by atomic mass is 10.0. The monoisotopic (exact) mass is 356 g/mol. The molecule has 4 nitrogen and oxygen atoms in total. The van der Waals surface area contributed by atoms with E-state index in [1.165, 1.54) is 0 Å². The van der Waals surface area contributed by atoms with Gasteiger partial charge >= 0.3 is 5.97 Å². The van der Waals surface area contributed by atoms with Crippen LogP contribution in [-0.2, 0) is 11.8 Å². The molecule has 0 aliphatic rings. The van der Waals surface area contributed by atoms with Crippen LogP contribution < -0.4 is 0 Å². The number of esters is 1. The maximum absolute atomic E-state index is 12.6. The van der Waals surface area contributed by atoms with Gasteiger partial charge in [-0.2, -0.15) is 0 Å². The summed E-state index contributed by atoms with van der Waals surface area (Å²) in [6.07, 6.45) is 0. The molecule has 0 spiro atoms. The van der Waals surface area contributed by atoms with Crippen molar-refractivity contribution in [2.75, 3.05) is 6.61 Å². The van der Waals surface area contributed by atoms with Crippen molar-refractivity contribution in [3.63, 3.8) is 0 Å². The maximum atomic E-state index is 12.6. The van der Waals surface area contributed by atoms with E-state index in [2.05, 4.69) is 18.2 Å². The van der Waals surface area contributed by atoms with Crippen LogP contribution in [0.2, 0.25) is 0 Å². The van der Waals surface area contributed by atoms with Gasteiger partial charge in [-0.15, -0.1) is 0 Å². The number of carbonyl (C=O) groups is 1. The molecule has 4 aromatic rings. The number of hydrogen-bond acceptors (Lipinski definition) is 3. The van der Waals surface area contributed by atoms with Gasteiger partial charge < -0.3 is 9.30 Å². The molecule has 0 aliphatic carbocycles. The lowest BCUT2D eigenvalue weighted by Gasteiger charge is -2.09. The number of benzene rings is 3. The number of nitrogens with zero attached hydrogens (tertiary/aromatic N) is 2. The van der Waals surface area contributed by atoms with E-state index in [1.807, 2.05) is 66.2 Å². The van der Waals surface area contributed by atoms with Gasteiger partial charge in [-0.3, -0.25) is 0 Å². The molecule has 0 amide bonds. The molecule has 1 heterocycles. The normalized spacial score (nSPS) is 10.9. The first-order chi connectivity index (χ1) is 13.2. The Kier molecular flexibility index (Phi) is 4.47. The fourth-order valence-electron chi connectivity index (χ4n) is 3.43. The lowest BCUT2D eigenvalue weighted by molar-refractivity contribution is 0.0521. The Hall–Kier alpha value is -3.40. The molecule has 0 bridgehead atoms. The number of ether oxygens (including phenoxy) is 1. The highest BCUT2D eigenvalue weighted by molar-refractivity contribution is 5.99. The summed E-state index contributed by atoms with van der Waals surface area (Å²) in [5.41, 5.74) is 3.02. The van der Waals surface area contributed by atoms with E-state index in [9.17, 15) is 4.79 Å². The molecule has 134 valence electrons. The van der Waals surface area contributed by atoms with E-state index in [1.54, 1.807) is 6.92 Å². The number of aromatic nitrogens is 2. The van der Waals surface area contributed by atoms with Gasteiger partial charge in [-0.1, -0.05) is 72.8 Å². The van der Waals surface area contributed by atoms with Crippen molar-refractivity contribution in [2.45, 2.75) is 6.92 Å². The zero-order chi connectivity index (χ0) is 18.8. The third-order valence-corrected chi connectivity index (χ3v) is 4.64. The predicted octanol–water partition coefficient (Wildman–Crippen LogP) is 5.08. The highest BCUT2D eigenvalue weighted by Crippen LogP contribution is 2.33. The zero-order valence-corrected chi connectivity index (χ0v) is 15.3. The molecule has 0 atom stereocenters. The van der Waals surface area contributed by atoms with Gasteiger partial charge in [0, 0.05) is 18.2 Å². The van der Waals surface area contributed by atoms with Crippen LogP contribution in [0.5, 0.6) is 0 Å². The summed E-state index contributed by atoms with van der Waals surface area (Å²) in [5, 5.41) is 2.24. The van der Waals surface area contributed by atoms with Gasteiger partial charge in [-0.05, 0) is 17.7 Å². The molecule has 0 N–H and O–H groups in total. The summed E-state index contributed by atoms with van der Waals surface area (Å²) in [6.45, 7) is 2.11. The van der Waals surface area contributed by atoms with E-state index in [0.29, 0.717) is 12.3 Å². The van der Waals surface area contributed by atoms with Gasteiger partial charge in [0.25, 0.3) is 0 Å². The molecule has 3 aromatic carbocycles. The minimum atomic E-state index is -0.404. The first-order valence-electron chi connectivity index (χ1n) is 8.98. The SMILES string of the molecule is CCOC(=O)c1nc(-c2cccc3ccccc23)n(C)c1-c1ccccc1. The first-order valence-corrected chi connectivity index (χ1v) is 8.98. The van der Waals surface area contributed by atoms with Gasteiger partial charge in [0.1, 0.15) is 5.82 Å². The van der Waals surface area contributed by atoms with Crippen molar-refractivity contribution in [3.8, 4) is 22.6 Å². The number of imidazole rings is 1. The Labute approximate surface area is 158 Å². The topological polar surface area (TPSA) is 44.1 Å². The van der Waals surface area contributed by atoms with Crippen molar-refractivity contribution in [2.24, 2.45) is 7.05 Å². The molecule has 0 unspecified atom stereocenters. The van der Waals surface area contributed by atoms with E-state index < -0.39 is 5.97 Å². The van der Waals surface area contributed by atoms with Crippen LogP contribution in [0.15, 0.2) is 72.8 Å². The second-order valence-electron chi connectivity index (χ2n) is 6.30. The lowest BCUT2D eigenvalue weighted by Crippen LogP contribution is -2.07. The summed E-state index contributed by atoms with van der Waals surface area (Å²) in [7, 11) is 1.94. The Balaban J connectivity index is 1.98. The van der Waals surface area contributed by atoms with Crippen LogP contribution in [0.1, 0.15) is 17.4 Å². The Morgan fingerprint density at radius 2 is 1.67 bits per heavy atom. The second kappa shape index (κ2) is 7.08. The third kappa shape index (κ3) is 2.99. The second-order valence-corrected chi connectivity index (χ2v) is 6.30. The fourth-order valence-corrected chi connectivity index (χ4v) is 3.43. The number of carbonyl (C=O) groups excluding carboxylic acids is 1. The molecule has 0 aliphatic heterocycles. The van der Waals surface area contributed by atoms with Gasteiger partial charge in [0.15, 0.2) is 5.69 Å². The highest BCUT2D eigenvalue weighted by Gasteiger charge is 2.24. The standard InChI is InChI=1S/C23H20N2O2/c1-3-27-23(26)20-21(17-11-5-4-6-12-17)25(2)22(24-20)19-15-9-13-16-10-7-8-14-18(16)19/h4-15H,3H2,1-2H3. The van der Waals surface area contributed by atoms with Gasteiger partial charge in [0.05, 0.1) is 12.3 Å². The number of fused-ring (bicyclic) bond motifs is 1. The zero-order valence-electron chi connectivity index (χ0n) is 15.3. The molecule has 0 fully saturated rings. The Morgan fingerprint density at radius 1 is 0.963 bits per heavy atom. The predicted molar refractivity (Wildman–Crippen MR) is 108 cm³/mol. The molecular weight excluding hydrogens is 336 g/mol. The molecule has 0 saturated carbocycles. The minimum Gasteiger partial charge on any atom is -0.461 e. The fraction of sp³-hybridized carbons (Fsp3) is 0.130. The summed E-state index contributed by atoms with van der Waals surface area (Å²) in [4.78, 5) is 17.3. The summed E-state index contributed by atoms with van der Waals surface area (Å²) in [6, 6.07) is 24.1. The van der Waals surface area contributed by atoms with E-state index >= 15 is 0 Å². The minimum absolute atomic E-state index is 0.313. The van der Waals surface area contributed by atoms with Crippen LogP contribution in [-0.4, -0.2) is 22.1 Å². The van der Waals surface area contributed by atoms with E-state index in [0.717, 1.165) is 33.4 Å². The van der Waals surface area contributed by atoms with Gasteiger partial charge in [-0.25, -0.2) is 9.78 Å². The summed E-state index contributed by atoms with van der Waals surface area (Å²) in [5.74, 6) is 0.340. The molecule has 27 heavy (non-hydrogen) atoms. The maximum Gasteiger partial charge on any atom is 0.359 e. The van der Waals surface area contributed by atoms with Crippen molar-refractivity contribution in [3.05, 3.63) is 78.5 Å². The number of hydrogen-bond donors (Lipinski definition) is 0. The van der Waals surface area contributed by atoms with Crippen molar-refractivity contribution < 1.29 is 9.53 Å². The molecule has 4 heteroatoms. The summed E-state index contributed by atoms with van der Waals surface area (Å²) < 4.78 is 7.24. The van der Waals surface area contributed by atoms with Crippen molar-refractivity contribution in [1.82, 2.24) is 9.55 Å². The van der Waals surface area contributed by atoms with Crippen molar-refractivity contribution in [1.29, 1.82) is 0 Å². The van der Waals surface area contributed by atoms with Crippen LogP contribution in [0.4, 0.5) is 0 Å². The molecule has 4 rings (SSSR count). The largest absolute Gasteiger partial charge is 0.461 e. The molecule has 0 saturated heterocycles. The van der Waals surface area contributed by atoms with E-state index in [-0.39, 0.29) is 0 Å². The smallest absolute Gasteiger partial charge is 0.359 e. The molecule has 1 aromatic heterocycles. The highest BCUT2D eigenvalue weighted by atomic mass is 16.5. The molecular formula is C23H20N2O2.